The second-order valence-corrected chi connectivity index (χ2v) is 7.36. The molecule has 0 aliphatic carbocycles. The first-order chi connectivity index (χ1) is 8.54. The van der Waals surface area contributed by atoms with Gasteiger partial charge in [0.1, 0.15) is 5.54 Å². The van der Waals surface area contributed by atoms with Gasteiger partial charge in [-0.15, -0.1) is 0 Å². The fraction of sp³-hybridized carbons (Fsp3) is 0.818. The van der Waals surface area contributed by atoms with Crippen molar-refractivity contribution in [3.05, 3.63) is 0 Å². The average molecular weight is 292 g/mol. The van der Waals surface area contributed by atoms with Crippen molar-refractivity contribution < 1.29 is 23.1 Å². The topological polar surface area (TPSA) is 104 Å². The predicted molar refractivity (Wildman–Crippen MR) is 69.0 cm³/mol. The number of amides is 1. The van der Waals surface area contributed by atoms with Crippen LogP contribution in [0.5, 0.6) is 0 Å². The van der Waals surface area contributed by atoms with Gasteiger partial charge >= 0.3 is 5.97 Å². The average Bonchev–Trinajstić information content (AvgIpc) is 2.27. The Balaban J connectivity index is 2.71. The lowest BCUT2D eigenvalue weighted by Gasteiger charge is -2.32. The van der Waals surface area contributed by atoms with Crippen LogP contribution >= 0.6 is 0 Å². The molecule has 0 bridgehead atoms. The molecule has 110 valence electrons. The van der Waals surface area contributed by atoms with E-state index in [-0.39, 0.29) is 6.54 Å². The molecule has 1 heterocycles. The number of nitrogens with one attached hydrogen (secondary N) is 1. The lowest BCUT2D eigenvalue weighted by molar-refractivity contribution is -0.146. The van der Waals surface area contributed by atoms with E-state index >= 15 is 0 Å². The van der Waals surface area contributed by atoms with E-state index in [1.54, 1.807) is 0 Å². The smallest absolute Gasteiger partial charge is 0.328 e. The third-order valence-corrected chi connectivity index (χ3v) is 4.46. The molecular weight excluding hydrogens is 272 g/mol. The van der Waals surface area contributed by atoms with Crippen LogP contribution in [0, 0.1) is 5.92 Å². The number of hydrogen-bond acceptors (Lipinski definition) is 4. The summed E-state index contributed by atoms with van der Waals surface area (Å²) in [6, 6.07) is 0. The summed E-state index contributed by atoms with van der Waals surface area (Å²) < 4.78 is 24.2. The van der Waals surface area contributed by atoms with Crippen molar-refractivity contribution in [3.63, 3.8) is 0 Å². The number of rotatable bonds is 4. The molecule has 2 N–H and O–H groups in total. The van der Waals surface area contributed by atoms with Crippen molar-refractivity contribution in [2.75, 3.05) is 19.3 Å². The number of carboxylic acid groups (broad SMARTS) is 1. The van der Waals surface area contributed by atoms with Crippen LogP contribution in [0.1, 0.15) is 26.7 Å². The van der Waals surface area contributed by atoms with Crippen molar-refractivity contribution >= 4 is 21.9 Å². The number of carbonyl (C=O) groups excluding carboxylic acids is 1. The van der Waals surface area contributed by atoms with Gasteiger partial charge < -0.3 is 10.4 Å². The van der Waals surface area contributed by atoms with Crippen LogP contribution in [0.3, 0.4) is 0 Å². The third-order valence-electron chi connectivity index (χ3n) is 3.19. The second-order valence-electron chi connectivity index (χ2n) is 5.38. The largest absolute Gasteiger partial charge is 0.480 e. The molecule has 0 spiro atoms. The van der Waals surface area contributed by atoms with E-state index in [0.29, 0.717) is 19.4 Å². The zero-order chi connectivity index (χ0) is 14.8. The Hall–Kier alpha value is -1.15. The summed E-state index contributed by atoms with van der Waals surface area (Å²) >= 11 is 0. The van der Waals surface area contributed by atoms with Gasteiger partial charge in [0.05, 0.1) is 12.2 Å². The van der Waals surface area contributed by atoms with Gasteiger partial charge in [0.25, 0.3) is 0 Å². The monoisotopic (exact) mass is 292 g/mol. The number of carbonyl (C=O) groups is 2. The van der Waals surface area contributed by atoms with Crippen molar-refractivity contribution in [3.8, 4) is 0 Å². The van der Waals surface area contributed by atoms with Crippen LogP contribution in [0.25, 0.3) is 0 Å². The molecule has 0 aromatic heterocycles. The molecule has 1 aliphatic heterocycles. The Labute approximate surface area is 113 Å². The molecule has 0 aromatic rings. The van der Waals surface area contributed by atoms with Crippen molar-refractivity contribution in [1.82, 2.24) is 9.62 Å². The fourth-order valence-corrected chi connectivity index (χ4v) is 2.83. The molecule has 1 atom stereocenters. The summed E-state index contributed by atoms with van der Waals surface area (Å²) in [4.78, 5) is 22.9. The minimum Gasteiger partial charge on any atom is -0.480 e. The van der Waals surface area contributed by atoms with E-state index in [1.807, 2.05) is 0 Å². The molecule has 0 radical (unpaired) electrons. The number of aliphatic carboxylic acids is 1. The molecule has 1 amide bonds. The highest BCUT2D eigenvalue weighted by atomic mass is 32.2. The molecule has 1 unspecified atom stereocenters. The number of hydrogen-bond donors (Lipinski definition) is 2. The van der Waals surface area contributed by atoms with E-state index in [1.165, 1.54) is 18.2 Å². The summed E-state index contributed by atoms with van der Waals surface area (Å²) in [5, 5.41) is 11.4. The number of carboxylic acids is 1. The van der Waals surface area contributed by atoms with Gasteiger partial charge in [0.2, 0.25) is 15.9 Å². The Morgan fingerprint density at radius 3 is 2.42 bits per heavy atom. The van der Waals surface area contributed by atoms with Gasteiger partial charge in [-0.3, -0.25) is 4.79 Å². The van der Waals surface area contributed by atoms with Crippen molar-refractivity contribution in [1.29, 1.82) is 0 Å². The number of piperidine rings is 1. The summed E-state index contributed by atoms with van der Waals surface area (Å²) in [6.45, 7) is 3.31. The summed E-state index contributed by atoms with van der Waals surface area (Å²) in [5.41, 5.74) is -1.36. The van der Waals surface area contributed by atoms with Crippen LogP contribution in [-0.4, -0.2) is 54.6 Å². The van der Waals surface area contributed by atoms with Crippen LogP contribution in [0.15, 0.2) is 0 Å². The quantitative estimate of drug-likeness (QED) is 0.736. The van der Waals surface area contributed by atoms with Crippen molar-refractivity contribution in [2.45, 2.75) is 32.2 Å². The summed E-state index contributed by atoms with van der Waals surface area (Å²) in [7, 11) is -3.32. The second kappa shape index (κ2) is 5.46. The molecule has 7 nitrogen and oxygen atoms in total. The number of nitrogens with zero attached hydrogens (tertiary/aromatic N) is 1. The Kier molecular flexibility index (Phi) is 4.57. The SMILES string of the molecule is CC(C)(NC(=O)C1CCCN(S(C)(=O)=O)C1)C(=O)O. The predicted octanol–water partition coefficient (Wildman–Crippen LogP) is -0.363. The highest BCUT2D eigenvalue weighted by Gasteiger charge is 2.35. The standard InChI is InChI=1S/C11H20N2O5S/c1-11(2,10(15)16)12-9(14)8-5-4-6-13(7-8)19(3,17)18/h8H,4-7H2,1-3H3,(H,12,14)(H,15,16). The van der Waals surface area contributed by atoms with Gasteiger partial charge in [-0.2, -0.15) is 0 Å². The minimum absolute atomic E-state index is 0.111. The summed E-state index contributed by atoms with van der Waals surface area (Å²) in [5.74, 6) is -2.04. The van der Waals surface area contributed by atoms with E-state index in [2.05, 4.69) is 5.32 Å². The molecule has 0 aromatic carbocycles. The molecular formula is C11H20N2O5S. The Morgan fingerprint density at radius 1 is 1.37 bits per heavy atom. The van der Waals surface area contributed by atoms with Crippen LogP contribution in [-0.2, 0) is 19.6 Å². The molecule has 1 fully saturated rings. The normalized spacial score (nSPS) is 21.9. The van der Waals surface area contributed by atoms with Crippen LogP contribution in [0.4, 0.5) is 0 Å². The van der Waals surface area contributed by atoms with Gasteiger partial charge in [-0.25, -0.2) is 17.5 Å². The zero-order valence-electron chi connectivity index (χ0n) is 11.3. The van der Waals surface area contributed by atoms with Gasteiger partial charge in [0.15, 0.2) is 0 Å². The van der Waals surface area contributed by atoms with E-state index in [9.17, 15) is 18.0 Å². The molecule has 1 rings (SSSR count). The van der Waals surface area contributed by atoms with E-state index in [4.69, 9.17) is 5.11 Å². The van der Waals surface area contributed by atoms with E-state index in [0.717, 1.165) is 6.26 Å². The Bertz CT molecular complexity index is 471. The molecule has 1 aliphatic rings. The van der Waals surface area contributed by atoms with Crippen LogP contribution < -0.4 is 5.32 Å². The molecule has 1 saturated heterocycles. The maximum atomic E-state index is 12.0. The zero-order valence-corrected chi connectivity index (χ0v) is 12.2. The van der Waals surface area contributed by atoms with Gasteiger partial charge in [-0.1, -0.05) is 0 Å². The first-order valence-electron chi connectivity index (χ1n) is 6.04. The first kappa shape index (κ1) is 15.9. The minimum atomic E-state index is -3.32. The highest BCUT2D eigenvalue weighted by Crippen LogP contribution is 2.19. The maximum absolute atomic E-state index is 12.0. The lowest BCUT2D eigenvalue weighted by Crippen LogP contribution is -2.54. The van der Waals surface area contributed by atoms with Gasteiger partial charge in [0, 0.05) is 13.1 Å². The first-order valence-corrected chi connectivity index (χ1v) is 7.89. The molecule has 8 heteroatoms. The summed E-state index contributed by atoms with van der Waals surface area (Å²) in [6.07, 6.45) is 2.26. The molecule has 19 heavy (non-hydrogen) atoms. The Morgan fingerprint density at radius 2 is 1.95 bits per heavy atom. The van der Waals surface area contributed by atoms with Crippen molar-refractivity contribution in [2.24, 2.45) is 5.92 Å². The highest BCUT2D eigenvalue weighted by molar-refractivity contribution is 7.88. The maximum Gasteiger partial charge on any atom is 0.328 e. The molecule has 0 saturated carbocycles. The third kappa shape index (κ3) is 4.17. The van der Waals surface area contributed by atoms with Crippen LogP contribution in [0.2, 0.25) is 0 Å². The fourth-order valence-electron chi connectivity index (χ4n) is 1.92. The van der Waals surface area contributed by atoms with Gasteiger partial charge in [-0.05, 0) is 26.7 Å². The lowest BCUT2D eigenvalue weighted by atomic mass is 9.96. The number of sulfonamides is 1. The van der Waals surface area contributed by atoms with E-state index < -0.39 is 33.4 Å².